The maximum Gasteiger partial charge on any atom is 0.407 e. The number of nitrogens with one attached hydrogen (secondary N) is 2. The molecule has 5 rings (SSSR count). The predicted octanol–water partition coefficient (Wildman–Crippen LogP) is 3.38. The van der Waals surface area contributed by atoms with Gasteiger partial charge in [-0.15, -0.1) is 0 Å². The molecule has 8 nitrogen and oxygen atoms in total. The van der Waals surface area contributed by atoms with E-state index in [2.05, 4.69) is 30.9 Å². The van der Waals surface area contributed by atoms with Gasteiger partial charge in [0.2, 0.25) is 0 Å². The Balaban J connectivity index is 1.20. The Kier molecular flexibility index (Phi) is 4.87. The number of piperidine rings is 1. The first-order valence-electron chi connectivity index (χ1n) is 10.7. The second-order valence-electron chi connectivity index (χ2n) is 8.53. The van der Waals surface area contributed by atoms with Crippen LogP contribution in [0.1, 0.15) is 44.6 Å². The van der Waals surface area contributed by atoms with Crippen LogP contribution in [-0.2, 0) is 0 Å². The number of aromatic nitrogens is 4. The van der Waals surface area contributed by atoms with Gasteiger partial charge in [-0.1, -0.05) is 0 Å². The van der Waals surface area contributed by atoms with Crippen LogP contribution < -0.4 is 5.32 Å². The van der Waals surface area contributed by atoms with Crippen LogP contribution in [0.15, 0.2) is 24.8 Å². The molecule has 3 N–H and O–H groups in total. The van der Waals surface area contributed by atoms with Crippen molar-refractivity contribution in [2.45, 2.75) is 50.6 Å². The van der Waals surface area contributed by atoms with Crippen molar-refractivity contribution >= 4 is 28.2 Å². The predicted molar refractivity (Wildman–Crippen MR) is 111 cm³/mol. The number of H-pyrrole nitrogens is 1. The van der Waals surface area contributed by atoms with Gasteiger partial charge in [-0.2, -0.15) is 0 Å². The summed E-state index contributed by atoms with van der Waals surface area (Å²) in [5.41, 5.74) is 3.05. The van der Waals surface area contributed by atoms with Crippen LogP contribution in [0, 0.1) is 5.92 Å². The number of fused-ring (bicyclic) bond motifs is 3. The van der Waals surface area contributed by atoms with Gasteiger partial charge >= 0.3 is 6.09 Å². The number of aromatic amines is 1. The van der Waals surface area contributed by atoms with Crippen LogP contribution in [0.4, 0.5) is 4.79 Å². The first-order chi connectivity index (χ1) is 14.2. The van der Waals surface area contributed by atoms with Gasteiger partial charge in [0.05, 0.1) is 18.0 Å². The SMILES string of the molecule is O=C(O)N1CCC[C@@H](CNC2CCC(n3cnc4cnc5[nH]ccc5c43)CC2)C1. The van der Waals surface area contributed by atoms with Crippen molar-refractivity contribution < 1.29 is 9.90 Å². The summed E-state index contributed by atoms with van der Waals surface area (Å²) in [6, 6.07) is 3.08. The number of hydrogen-bond donors (Lipinski definition) is 3. The van der Waals surface area contributed by atoms with Crippen LogP contribution >= 0.6 is 0 Å². The van der Waals surface area contributed by atoms with Gasteiger partial charge in [0.1, 0.15) is 11.2 Å². The maximum atomic E-state index is 11.2. The lowest BCUT2D eigenvalue weighted by molar-refractivity contribution is 0.118. The van der Waals surface area contributed by atoms with E-state index in [0.717, 1.165) is 61.6 Å². The molecular formula is C21H28N6O2. The Hall–Kier alpha value is -2.61. The summed E-state index contributed by atoms with van der Waals surface area (Å²) in [6.45, 7) is 2.27. The largest absolute Gasteiger partial charge is 0.465 e. The molecule has 3 aromatic heterocycles. The zero-order valence-electron chi connectivity index (χ0n) is 16.5. The molecule has 1 aliphatic heterocycles. The van der Waals surface area contributed by atoms with E-state index in [-0.39, 0.29) is 0 Å². The standard InChI is InChI=1S/C21H28N6O2/c28-21(29)26-9-1-2-14(12-26)10-23-15-3-5-16(6-4-15)27-13-25-18-11-24-20-17(19(18)27)7-8-22-20/h7-8,11,13-16,23H,1-6,9-10,12H2,(H,22,24)(H,28,29)/t14-,15?,16?/m0/s1. The Morgan fingerprint density at radius 2 is 2.10 bits per heavy atom. The zero-order valence-corrected chi connectivity index (χ0v) is 16.5. The number of carboxylic acid groups (broad SMARTS) is 1. The highest BCUT2D eigenvalue weighted by molar-refractivity contribution is 6.00. The molecule has 0 bridgehead atoms. The summed E-state index contributed by atoms with van der Waals surface area (Å²) in [4.78, 5) is 25.0. The van der Waals surface area contributed by atoms with Crippen molar-refractivity contribution in [2.24, 2.45) is 5.92 Å². The first kappa shape index (κ1) is 18.4. The van der Waals surface area contributed by atoms with Crippen molar-refractivity contribution in [2.75, 3.05) is 19.6 Å². The van der Waals surface area contributed by atoms with Crippen molar-refractivity contribution in [3.8, 4) is 0 Å². The Labute approximate surface area is 169 Å². The molecule has 1 amide bonds. The second-order valence-corrected chi connectivity index (χ2v) is 8.53. The Morgan fingerprint density at radius 3 is 2.93 bits per heavy atom. The summed E-state index contributed by atoms with van der Waals surface area (Å²) in [6.07, 6.45) is 11.6. The molecule has 1 aliphatic carbocycles. The van der Waals surface area contributed by atoms with Gasteiger partial charge in [0.25, 0.3) is 0 Å². The van der Waals surface area contributed by atoms with E-state index >= 15 is 0 Å². The van der Waals surface area contributed by atoms with Crippen LogP contribution in [-0.4, -0.2) is 61.3 Å². The lowest BCUT2D eigenvalue weighted by Crippen LogP contribution is -2.44. The number of likely N-dealkylation sites (tertiary alicyclic amines) is 1. The average Bonchev–Trinajstić information content (AvgIpc) is 3.39. The van der Waals surface area contributed by atoms with E-state index in [1.807, 2.05) is 18.7 Å². The molecule has 154 valence electrons. The van der Waals surface area contributed by atoms with Crippen molar-refractivity contribution in [1.29, 1.82) is 0 Å². The van der Waals surface area contributed by atoms with E-state index < -0.39 is 6.09 Å². The summed E-state index contributed by atoms with van der Waals surface area (Å²) < 4.78 is 2.34. The molecule has 0 unspecified atom stereocenters. The number of rotatable bonds is 4. The fraction of sp³-hybridized carbons (Fsp3) is 0.571. The minimum atomic E-state index is -0.783. The monoisotopic (exact) mass is 396 g/mol. The number of hydrogen-bond acceptors (Lipinski definition) is 4. The first-order valence-corrected chi connectivity index (χ1v) is 10.7. The number of nitrogens with zero attached hydrogens (tertiary/aromatic N) is 4. The molecular weight excluding hydrogens is 368 g/mol. The van der Waals surface area contributed by atoms with Crippen LogP contribution in [0.3, 0.4) is 0 Å². The molecule has 8 heteroatoms. The molecule has 4 heterocycles. The van der Waals surface area contributed by atoms with Gasteiger partial charge < -0.3 is 24.9 Å². The zero-order chi connectivity index (χ0) is 19.8. The highest BCUT2D eigenvalue weighted by Crippen LogP contribution is 2.33. The van der Waals surface area contributed by atoms with Gasteiger partial charge in [-0.25, -0.2) is 14.8 Å². The number of imidazole rings is 1. The molecule has 2 fully saturated rings. The maximum absolute atomic E-state index is 11.2. The van der Waals surface area contributed by atoms with Crippen LogP contribution in [0.5, 0.6) is 0 Å². The highest BCUT2D eigenvalue weighted by Gasteiger charge is 2.27. The van der Waals surface area contributed by atoms with E-state index in [0.29, 0.717) is 31.1 Å². The number of pyridine rings is 1. The third-order valence-electron chi connectivity index (χ3n) is 6.69. The topological polar surface area (TPSA) is 99.1 Å². The van der Waals surface area contributed by atoms with Gasteiger partial charge in [0, 0.05) is 36.8 Å². The lowest BCUT2D eigenvalue weighted by atomic mass is 9.90. The molecule has 1 atom stereocenters. The minimum Gasteiger partial charge on any atom is -0.465 e. The Bertz CT molecular complexity index is 1000. The lowest BCUT2D eigenvalue weighted by Gasteiger charge is -2.34. The molecule has 3 aromatic rings. The quantitative estimate of drug-likeness (QED) is 0.628. The number of carbonyl (C=O) groups is 1. The van der Waals surface area contributed by atoms with Gasteiger partial charge in [-0.3, -0.25) is 0 Å². The van der Waals surface area contributed by atoms with Gasteiger partial charge in [-0.05, 0) is 57.1 Å². The normalized spacial score (nSPS) is 25.7. The fourth-order valence-electron chi connectivity index (χ4n) is 5.11. The molecule has 0 aromatic carbocycles. The molecule has 0 radical (unpaired) electrons. The molecule has 0 spiro atoms. The number of amides is 1. The van der Waals surface area contributed by atoms with Crippen molar-refractivity contribution in [3.63, 3.8) is 0 Å². The average molecular weight is 396 g/mol. The van der Waals surface area contributed by atoms with E-state index in [4.69, 9.17) is 0 Å². The van der Waals surface area contributed by atoms with E-state index in [1.54, 1.807) is 4.90 Å². The van der Waals surface area contributed by atoms with E-state index in [1.165, 1.54) is 5.52 Å². The summed E-state index contributed by atoms with van der Waals surface area (Å²) in [5, 5.41) is 14.1. The molecule has 1 saturated carbocycles. The van der Waals surface area contributed by atoms with Crippen LogP contribution in [0.25, 0.3) is 22.1 Å². The minimum absolute atomic E-state index is 0.435. The summed E-state index contributed by atoms with van der Waals surface area (Å²) in [5.74, 6) is 0.435. The highest BCUT2D eigenvalue weighted by atomic mass is 16.4. The molecule has 1 saturated heterocycles. The molecule has 29 heavy (non-hydrogen) atoms. The summed E-state index contributed by atoms with van der Waals surface area (Å²) in [7, 11) is 0. The Morgan fingerprint density at radius 1 is 1.24 bits per heavy atom. The second kappa shape index (κ2) is 7.67. The molecule has 2 aliphatic rings. The van der Waals surface area contributed by atoms with E-state index in [9.17, 15) is 9.90 Å². The fourth-order valence-corrected chi connectivity index (χ4v) is 5.11. The van der Waals surface area contributed by atoms with Crippen molar-refractivity contribution in [1.82, 2.24) is 29.7 Å². The van der Waals surface area contributed by atoms with Gasteiger partial charge in [0.15, 0.2) is 0 Å². The summed E-state index contributed by atoms with van der Waals surface area (Å²) >= 11 is 0. The third-order valence-corrected chi connectivity index (χ3v) is 6.69. The third kappa shape index (κ3) is 3.57. The smallest absolute Gasteiger partial charge is 0.407 e. The van der Waals surface area contributed by atoms with Crippen molar-refractivity contribution in [3.05, 3.63) is 24.8 Å². The van der Waals surface area contributed by atoms with Crippen LogP contribution in [0.2, 0.25) is 0 Å².